The molecular weight excluding hydrogens is 385 g/mol. The molecule has 1 saturated heterocycles. The Morgan fingerprint density at radius 1 is 1.33 bits per heavy atom. The molecule has 2 aromatic rings. The van der Waals surface area contributed by atoms with Gasteiger partial charge in [-0.25, -0.2) is 4.68 Å². The molecule has 1 N–H and O–H groups in total. The molecule has 1 aliphatic heterocycles. The Balaban J connectivity index is 1.78. The van der Waals surface area contributed by atoms with Crippen LogP contribution >= 0.6 is 0 Å². The van der Waals surface area contributed by atoms with Gasteiger partial charge in [0.1, 0.15) is 11.6 Å². The third kappa shape index (κ3) is 4.99. The van der Waals surface area contributed by atoms with Gasteiger partial charge in [-0.05, 0) is 24.2 Å². The summed E-state index contributed by atoms with van der Waals surface area (Å²) in [6.45, 7) is 8.38. The van der Waals surface area contributed by atoms with Crippen LogP contribution < -0.4 is 0 Å². The van der Waals surface area contributed by atoms with Gasteiger partial charge in [-0.15, -0.1) is 5.10 Å². The second kappa shape index (κ2) is 10.3. The molecule has 1 aromatic carbocycles. The fourth-order valence-corrected chi connectivity index (χ4v) is 3.89. The molecule has 1 aromatic heterocycles. The van der Waals surface area contributed by atoms with Crippen LogP contribution in [0.5, 0.6) is 0 Å². The van der Waals surface area contributed by atoms with E-state index in [-0.39, 0.29) is 31.7 Å². The van der Waals surface area contributed by atoms with Crippen molar-refractivity contribution in [3.05, 3.63) is 24.3 Å². The summed E-state index contributed by atoms with van der Waals surface area (Å²) in [6.07, 6.45) is -0.523. The Labute approximate surface area is 177 Å². The molecule has 3 rings (SSSR count). The normalized spacial score (nSPS) is 21.8. The van der Waals surface area contributed by atoms with E-state index in [0.29, 0.717) is 6.42 Å². The lowest BCUT2D eigenvalue weighted by Crippen LogP contribution is -2.54. The SMILES string of the molecule is CC(C)N(B(OCCC#N)OC1CC(n2nnc3ccccc32)OC1CO)C(C)C. The predicted octanol–water partition coefficient (Wildman–Crippen LogP) is 2.13. The van der Waals surface area contributed by atoms with Crippen LogP contribution in [0.1, 0.15) is 46.8 Å². The van der Waals surface area contributed by atoms with Crippen LogP contribution in [-0.4, -0.2) is 69.7 Å². The van der Waals surface area contributed by atoms with Crippen molar-refractivity contribution < 1.29 is 19.2 Å². The Morgan fingerprint density at radius 2 is 2.07 bits per heavy atom. The number of nitrogens with zero attached hydrogens (tertiary/aromatic N) is 5. The van der Waals surface area contributed by atoms with E-state index in [2.05, 4.69) is 48.9 Å². The number of nitriles is 1. The fraction of sp³-hybridized carbons (Fsp3) is 0.650. The van der Waals surface area contributed by atoms with Crippen molar-refractivity contribution in [3.63, 3.8) is 0 Å². The first-order chi connectivity index (χ1) is 14.5. The molecule has 30 heavy (non-hydrogen) atoms. The maximum atomic E-state index is 9.90. The van der Waals surface area contributed by atoms with Crippen molar-refractivity contribution in [1.82, 2.24) is 19.8 Å². The first-order valence-electron chi connectivity index (χ1n) is 10.4. The Hall–Kier alpha value is -2.03. The molecule has 2 heterocycles. The van der Waals surface area contributed by atoms with Crippen molar-refractivity contribution in [2.45, 2.75) is 71.1 Å². The molecule has 0 bridgehead atoms. The second-order valence-electron chi connectivity index (χ2n) is 7.97. The molecule has 3 atom stereocenters. The minimum Gasteiger partial charge on any atom is -0.396 e. The monoisotopic (exact) mass is 415 g/mol. The molecule has 162 valence electrons. The topological polar surface area (TPSA) is 106 Å². The summed E-state index contributed by atoms with van der Waals surface area (Å²) >= 11 is 0. The predicted molar refractivity (Wildman–Crippen MR) is 112 cm³/mol. The molecule has 3 unspecified atom stereocenters. The molecule has 0 spiro atoms. The quantitative estimate of drug-likeness (QED) is 0.465. The molecule has 1 aliphatic rings. The summed E-state index contributed by atoms with van der Waals surface area (Å²) in [5, 5.41) is 27.2. The van der Waals surface area contributed by atoms with Gasteiger partial charge in [0.05, 0.1) is 30.7 Å². The molecule has 10 heteroatoms. The number of aliphatic hydroxyl groups is 1. The van der Waals surface area contributed by atoms with Gasteiger partial charge in [-0.1, -0.05) is 45.0 Å². The zero-order valence-electron chi connectivity index (χ0n) is 18.0. The number of rotatable bonds is 10. The molecular formula is C20H30BN5O4. The standard InChI is InChI=1S/C20H30BN5O4/c1-14(2)25(15(3)4)21(28-11-7-10-22)30-18-12-20(29-19(18)13-27)26-17-9-6-5-8-16(17)23-24-26/h5-6,8-9,14-15,18-20,27H,7,11-13H2,1-4H3. The average Bonchev–Trinajstić information content (AvgIpc) is 3.31. The van der Waals surface area contributed by atoms with Gasteiger partial charge < -0.3 is 19.2 Å². The van der Waals surface area contributed by atoms with E-state index in [1.807, 2.05) is 24.3 Å². The molecule has 9 nitrogen and oxygen atoms in total. The minimum atomic E-state index is -0.646. The Morgan fingerprint density at radius 3 is 2.73 bits per heavy atom. The second-order valence-corrected chi connectivity index (χ2v) is 7.97. The van der Waals surface area contributed by atoms with Crippen LogP contribution in [0.4, 0.5) is 0 Å². The molecule has 1 fully saturated rings. The third-order valence-electron chi connectivity index (χ3n) is 5.21. The first kappa shape index (κ1) is 22.7. The van der Waals surface area contributed by atoms with E-state index in [4.69, 9.17) is 19.3 Å². The molecule has 0 amide bonds. The van der Waals surface area contributed by atoms with E-state index in [9.17, 15) is 5.11 Å². The van der Waals surface area contributed by atoms with Crippen LogP contribution in [0, 0.1) is 11.3 Å². The number of para-hydroxylation sites is 1. The molecule has 0 aliphatic carbocycles. The number of fused-ring (bicyclic) bond motifs is 1. The largest absolute Gasteiger partial charge is 0.558 e. The molecule has 0 radical (unpaired) electrons. The van der Waals surface area contributed by atoms with E-state index < -0.39 is 25.7 Å². The van der Waals surface area contributed by atoms with Gasteiger partial charge in [0.15, 0.2) is 6.23 Å². The summed E-state index contributed by atoms with van der Waals surface area (Å²) in [5.41, 5.74) is 1.65. The lowest BCUT2D eigenvalue weighted by atomic mass is 9.96. The summed E-state index contributed by atoms with van der Waals surface area (Å²) in [6, 6.07) is 10.1. The van der Waals surface area contributed by atoms with Crippen molar-refractivity contribution in [2.24, 2.45) is 0 Å². The highest BCUT2D eigenvalue weighted by molar-refractivity contribution is 6.41. The number of benzene rings is 1. The van der Waals surface area contributed by atoms with Gasteiger partial charge in [0.2, 0.25) is 0 Å². The summed E-state index contributed by atoms with van der Waals surface area (Å²) in [5.74, 6) is 0. The highest BCUT2D eigenvalue weighted by Crippen LogP contribution is 2.33. The highest BCUT2D eigenvalue weighted by atomic mass is 16.6. The lowest BCUT2D eigenvalue weighted by molar-refractivity contribution is -0.0503. The minimum absolute atomic E-state index is 0.169. The van der Waals surface area contributed by atoms with E-state index in [0.717, 1.165) is 11.0 Å². The average molecular weight is 415 g/mol. The summed E-state index contributed by atoms with van der Waals surface area (Å²) in [7, 11) is -0.646. The Bertz CT molecular complexity index is 847. The van der Waals surface area contributed by atoms with Crippen molar-refractivity contribution in [2.75, 3.05) is 13.2 Å². The van der Waals surface area contributed by atoms with Gasteiger partial charge in [0, 0.05) is 13.0 Å². The van der Waals surface area contributed by atoms with E-state index in [1.54, 1.807) is 4.68 Å². The zero-order valence-corrected chi connectivity index (χ0v) is 18.0. The lowest BCUT2D eigenvalue weighted by Gasteiger charge is -2.35. The van der Waals surface area contributed by atoms with Crippen molar-refractivity contribution >= 4 is 18.3 Å². The smallest absolute Gasteiger partial charge is 0.396 e. The van der Waals surface area contributed by atoms with Gasteiger partial charge in [0.25, 0.3) is 0 Å². The summed E-state index contributed by atoms with van der Waals surface area (Å²) < 4.78 is 20.1. The van der Waals surface area contributed by atoms with E-state index in [1.165, 1.54) is 0 Å². The Kier molecular flexibility index (Phi) is 7.80. The van der Waals surface area contributed by atoms with Gasteiger partial charge in [-0.3, -0.25) is 4.81 Å². The van der Waals surface area contributed by atoms with Crippen LogP contribution in [0.3, 0.4) is 0 Å². The molecule has 0 saturated carbocycles. The van der Waals surface area contributed by atoms with Crippen LogP contribution in [0.25, 0.3) is 11.0 Å². The van der Waals surface area contributed by atoms with Crippen molar-refractivity contribution in [1.29, 1.82) is 5.26 Å². The maximum absolute atomic E-state index is 9.90. The van der Waals surface area contributed by atoms with Gasteiger partial charge >= 0.3 is 7.25 Å². The fourth-order valence-electron chi connectivity index (χ4n) is 3.89. The third-order valence-corrected chi connectivity index (χ3v) is 5.21. The zero-order chi connectivity index (χ0) is 21.7. The summed E-state index contributed by atoms with van der Waals surface area (Å²) in [4.78, 5) is 2.10. The van der Waals surface area contributed by atoms with Crippen molar-refractivity contribution in [3.8, 4) is 6.07 Å². The van der Waals surface area contributed by atoms with Crippen LogP contribution in [-0.2, 0) is 14.0 Å². The highest BCUT2D eigenvalue weighted by Gasteiger charge is 2.43. The van der Waals surface area contributed by atoms with Gasteiger partial charge in [-0.2, -0.15) is 5.26 Å². The number of ether oxygens (including phenoxy) is 1. The number of aliphatic hydroxyl groups excluding tert-OH is 1. The number of hydrogen-bond acceptors (Lipinski definition) is 8. The van der Waals surface area contributed by atoms with Crippen LogP contribution in [0.15, 0.2) is 24.3 Å². The van der Waals surface area contributed by atoms with E-state index >= 15 is 0 Å². The number of hydrogen-bond donors (Lipinski definition) is 1. The van der Waals surface area contributed by atoms with Crippen LogP contribution in [0.2, 0.25) is 0 Å². The first-order valence-corrected chi connectivity index (χ1v) is 10.4. The maximum Gasteiger partial charge on any atom is 0.558 e. The number of aromatic nitrogens is 3.